The van der Waals surface area contributed by atoms with Crippen LogP contribution in [0, 0.1) is 0 Å². The molecule has 12 nitrogen and oxygen atoms in total. The highest BCUT2D eigenvalue weighted by Gasteiger charge is 2.48. The van der Waals surface area contributed by atoms with Crippen LogP contribution in [-0.2, 0) is 28.9 Å². The van der Waals surface area contributed by atoms with E-state index in [0.717, 1.165) is 38.5 Å². The Bertz CT molecular complexity index is 967. The van der Waals surface area contributed by atoms with Crippen LogP contribution in [0.15, 0.2) is 12.2 Å². The Morgan fingerprint density at radius 2 is 1.26 bits per heavy atom. The van der Waals surface area contributed by atoms with E-state index in [9.17, 15) is 33.6 Å². The van der Waals surface area contributed by atoms with Crippen LogP contribution in [0.2, 0.25) is 0 Å². The van der Waals surface area contributed by atoms with Gasteiger partial charge >= 0.3 is 10.4 Å². The van der Waals surface area contributed by atoms with Crippen molar-refractivity contribution in [2.45, 2.75) is 204 Å². The van der Waals surface area contributed by atoms with Gasteiger partial charge in [-0.1, -0.05) is 148 Å². The maximum absolute atomic E-state index is 12.9. The fourth-order valence-electron chi connectivity index (χ4n) is 6.22. The molecule has 296 valence electrons. The van der Waals surface area contributed by atoms with Crippen molar-refractivity contribution >= 4 is 16.3 Å². The van der Waals surface area contributed by atoms with E-state index in [1.165, 1.54) is 96.3 Å². The van der Waals surface area contributed by atoms with Crippen LogP contribution in [0.4, 0.5) is 0 Å². The predicted octanol–water partition coefficient (Wildman–Crippen LogP) is 6.04. The van der Waals surface area contributed by atoms with E-state index in [4.69, 9.17) is 14.0 Å². The number of hydrogen-bond acceptors (Lipinski definition) is 10. The van der Waals surface area contributed by atoms with Gasteiger partial charge in [-0.2, -0.15) is 8.42 Å². The van der Waals surface area contributed by atoms with E-state index in [0.29, 0.717) is 6.42 Å². The van der Waals surface area contributed by atoms with Gasteiger partial charge in [-0.3, -0.25) is 9.35 Å². The summed E-state index contributed by atoms with van der Waals surface area (Å²) in [4.78, 5) is 12.9. The van der Waals surface area contributed by atoms with Gasteiger partial charge in [0.1, 0.15) is 24.4 Å². The normalized spacial score (nSPS) is 22.6. The van der Waals surface area contributed by atoms with Crippen molar-refractivity contribution in [3.63, 3.8) is 0 Å². The number of aliphatic hydroxyl groups excluding tert-OH is 4. The van der Waals surface area contributed by atoms with Crippen molar-refractivity contribution in [1.82, 2.24) is 5.32 Å². The number of rotatable bonds is 32. The molecule has 1 aliphatic heterocycles. The van der Waals surface area contributed by atoms with Gasteiger partial charge in [-0.05, 0) is 19.3 Å². The smallest absolute Gasteiger partial charge is 0.394 e. The van der Waals surface area contributed by atoms with Gasteiger partial charge in [-0.15, -0.1) is 0 Å². The van der Waals surface area contributed by atoms with Crippen molar-refractivity contribution in [3.8, 4) is 0 Å². The zero-order chi connectivity index (χ0) is 37.0. The molecular weight excluding hydrogens is 666 g/mol. The molecule has 1 saturated heterocycles. The summed E-state index contributed by atoms with van der Waals surface area (Å²) in [7, 11) is -5.07. The van der Waals surface area contributed by atoms with Crippen molar-refractivity contribution in [3.05, 3.63) is 12.2 Å². The molecule has 0 spiro atoms. The Balaban J connectivity index is 2.62. The van der Waals surface area contributed by atoms with Crippen LogP contribution in [0.25, 0.3) is 0 Å². The van der Waals surface area contributed by atoms with Crippen molar-refractivity contribution in [2.75, 3.05) is 13.2 Å². The topological polar surface area (TPSA) is 192 Å². The maximum Gasteiger partial charge on any atom is 0.397 e. The lowest BCUT2D eigenvalue weighted by molar-refractivity contribution is -0.298. The van der Waals surface area contributed by atoms with Gasteiger partial charge in [0.2, 0.25) is 5.91 Å². The second-order valence-electron chi connectivity index (χ2n) is 13.9. The molecule has 1 rings (SSSR count). The summed E-state index contributed by atoms with van der Waals surface area (Å²) < 4.78 is 47.3. The molecule has 0 radical (unpaired) electrons. The maximum atomic E-state index is 12.9. The van der Waals surface area contributed by atoms with Gasteiger partial charge in [-0.25, -0.2) is 4.18 Å². The molecule has 7 unspecified atom stereocenters. The van der Waals surface area contributed by atoms with E-state index in [2.05, 4.69) is 23.3 Å². The van der Waals surface area contributed by atoms with Crippen molar-refractivity contribution < 1.29 is 51.8 Å². The van der Waals surface area contributed by atoms with Crippen LogP contribution in [0.1, 0.15) is 162 Å². The number of aliphatic hydroxyl groups is 4. The second kappa shape index (κ2) is 29.3. The molecule has 1 heterocycles. The highest BCUT2D eigenvalue weighted by Crippen LogP contribution is 2.26. The first-order valence-electron chi connectivity index (χ1n) is 19.6. The molecule has 0 saturated carbocycles. The third-order valence-corrected chi connectivity index (χ3v) is 9.78. The Morgan fingerprint density at radius 3 is 1.74 bits per heavy atom. The molecular formula is C37H71NO11S. The fourth-order valence-corrected chi connectivity index (χ4v) is 6.73. The summed E-state index contributed by atoms with van der Waals surface area (Å²) in [5.74, 6) is -0.265. The minimum atomic E-state index is -5.07. The summed E-state index contributed by atoms with van der Waals surface area (Å²) in [6.07, 6.45) is 19.8. The zero-order valence-corrected chi connectivity index (χ0v) is 31.8. The number of carbonyl (C=O) groups excluding carboxylic acids is 1. The molecule has 0 aromatic heterocycles. The Labute approximate surface area is 302 Å². The van der Waals surface area contributed by atoms with E-state index < -0.39 is 59.9 Å². The summed E-state index contributed by atoms with van der Waals surface area (Å²) in [5.41, 5.74) is 0. The molecule has 0 aliphatic carbocycles. The lowest BCUT2D eigenvalue weighted by atomic mass is 9.99. The Kier molecular flexibility index (Phi) is 27.5. The summed E-state index contributed by atoms with van der Waals surface area (Å²) in [5, 5.41) is 44.4. The first-order valence-corrected chi connectivity index (χ1v) is 20.9. The number of hydrogen-bond donors (Lipinski definition) is 6. The van der Waals surface area contributed by atoms with Crippen LogP contribution in [-0.4, -0.2) is 95.4 Å². The van der Waals surface area contributed by atoms with Crippen LogP contribution >= 0.6 is 0 Å². The molecule has 1 amide bonds. The number of ether oxygens (including phenoxy) is 2. The first-order chi connectivity index (χ1) is 24.0. The Morgan fingerprint density at radius 1 is 0.780 bits per heavy atom. The Hall–Kier alpha value is -1.16. The fraction of sp³-hybridized carbons (Fsp3) is 0.919. The molecule has 0 bridgehead atoms. The molecule has 0 aromatic rings. The molecule has 6 N–H and O–H groups in total. The van der Waals surface area contributed by atoms with E-state index in [-0.39, 0.29) is 18.9 Å². The lowest BCUT2D eigenvalue weighted by Crippen LogP contribution is -2.61. The zero-order valence-electron chi connectivity index (χ0n) is 31.0. The van der Waals surface area contributed by atoms with Gasteiger partial charge < -0.3 is 35.2 Å². The van der Waals surface area contributed by atoms with Gasteiger partial charge in [0.25, 0.3) is 0 Å². The van der Waals surface area contributed by atoms with Crippen LogP contribution < -0.4 is 5.32 Å². The standard InChI is InChI=1S/C37H71NO11S/c1-3-5-7-9-11-13-15-16-17-19-21-23-25-27-33(41)38-30(31(40)26-24-22-20-18-14-12-10-8-6-4-2)29-47-37-35(43)36(49-50(44,45)46)34(42)32(28-39)48-37/h24,26,30-32,34-37,39-40,42-43H,3-23,25,27-29H2,1-2H3,(H,38,41)(H,44,45,46)/b26-24+. The average Bonchev–Trinajstić information content (AvgIpc) is 3.08. The third kappa shape index (κ3) is 22.7. The second-order valence-corrected chi connectivity index (χ2v) is 14.9. The monoisotopic (exact) mass is 737 g/mol. The number of carbonyl (C=O) groups is 1. The minimum absolute atomic E-state index is 0.265. The quantitative estimate of drug-likeness (QED) is 0.0268. The van der Waals surface area contributed by atoms with Gasteiger partial charge in [0, 0.05) is 6.42 Å². The first kappa shape index (κ1) is 46.9. The summed E-state index contributed by atoms with van der Waals surface area (Å²) in [6.45, 7) is 3.33. The minimum Gasteiger partial charge on any atom is -0.394 e. The van der Waals surface area contributed by atoms with Crippen LogP contribution in [0.3, 0.4) is 0 Å². The van der Waals surface area contributed by atoms with Crippen LogP contribution in [0.5, 0.6) is 0 Å². The lowest BCUT2D eigenvalue weighted by Gasteiger charge is -2.41. The van der Waals surface area contributed by atoms with Gasteiger partial charge in [0.05, 0.1) is 25.4 Å². The number of nitrogens with one attached hydrogen (secondary N) is 1. The highest BCUT2D eigenvalue weighted by atomic mass is 32.3. The number of allylic oxidation sites excluding steroid dienone is 1. The number of amides is 1. The average molecular weight is 738 g/mol. The van der Waals surface area contributed by atoms with E-state index >= 15 is 0 Å². The van der Waals surface area contributed by atoms with Gasteiger partial charge in [0.15, 0.2) is 6.29 Å². The van der Waals surface area contributed by atoms with Crippen molar-refractivity contribution in [2.24, 2.45) is 0 Å². The molecule has 7 atom stereocenters. The molecule has 13 heteroatoms. The van der Waals surface area contributed by atoms with E-state index in [1.807, 2.05) is 6.08 Å². The molecule has 1 fully saturated rings. The summed E-state index contributed by atoms with van der Waals surface area (Å²) >= 11 is 0. The third-order valence-electron chi connectivity index (χ3n) is 9.32. The van der Waals surface area contributed by atoms with E-state index in [1.54, 1.807) is 6.08 Å². The van der Waals surface area contributed by atoms with Crippen molar-refractivity contribution in [1.29, 1.82) is 0 Å². The highest BCUT2D eigenvalue weighted by molar-refractivity contribution is 7.80. The number of unbranched alkanes of at least 4 members (excludes halogenated alkanes) is 20. The largest absolute Gasteiger partial charge is 0.397 e. The molecule has 0 aromatic carbocycles. The predicted molar refractivity (Wildman–Crippen MR) is 195 cm³/mol. The SMILES string of the molecule is CCCCCCCCCC/C=C/C(O)C(COC1OC(CO)C(O)C(OS(=O)(=O)O)C1O)NC(=O)CCCCCCCCCCCCCCC. The summed E-state index contributed by atoms with van der Waals surface area (Å²) in [6, 6.07) is -0.935. The molecule has 1 aliphatic rings. The molecule has 50 heavy (non-hydrogen) atoms.